The second kappa shape index (κ2) is 11.5. The molecule has 1 N–H and O–H groups in total. The van der Waals surface area contributed by atoms with Crippen LogP contribution in [0.2, 0.25) is 0 Å². The first-order chi connectivity index (χ1) is 10.3. The van der Waals surface area contributed by atoms with Gasteiger partial charge in [0.25, 0.3) is 0 Å². The molecule has 0 aliphatic rings. The lowest BCUT2D eigenvalue weighted by Gasteiger charge is -2.15. The van der Waals surface area contributed by atoms with Crippen LogP contribution in [-0.4, -0.2) is 15.8 Å². The Hall–Kier alpha value is -1.12. The second-order valence-electron chi connectivity index (χ2n) is 6.12. The molecular weight excluding hydrogens is 260 g/mol. The number of hydrogen-bond acceptors (Lipinski definition) is 2. The molecule has 120 valence electrons. The normalized spacial score (nSPS) is 12.5. The van der Waals surface area contributed by atoms with Gasteiger partial charge in [0.1, 0.15) is 5.78 Å². The van der Waals surface area contributed by atoms with Crippen LogP contribution in [0.1, 0.15) is 83.7 Å². The minimum Gasteiger partial charge on any atom is -0.348 e. The molecule has 0 bridgehead atoms. The van der Waals surface area contributed by atoms with Crippen LogP contribution in [0.25, 0.3) is 0 Å². The quantitative estimate of drug-likeness (QED) is 0.515. The SMILES string of the molecule is CCCCCCCC(CCCCC)C(=O)Cc1cnc[nH]1. The fourth-order valence-corrected chi connectivity index (χ4v) is 2.81. The van der Waals surface area contributed by atoms with Crippen molar-refractivity contribution in [1.82, 2.24) is 9.97 Å². The van der Waals surface area contributed by atoms with Gasteiger partial charge in [-0.1, -0.05) is 65.2 Å². The van der Waals surface area contributed by atoms with E-state index in [1.807, 2.05) is 0 Å². The van der Waals surface area contributed by atoms with Gasteiger partial charge in [0.2, 0.25) is 0 Å². The molecule has 0 amide bonds. The number of imidazole rings is 1. The van der Waals surface area contributed by atoms with Crippen molar-refractivity contribution in [3.05, 3.63) is 18.2 Å². The first-order valence-corrected chi connectivity index (χ1v) is 8.77. The van der Waals surface area contributed by atoms with E-state index < -0.39 is 0 Å². The van der Waals surface area contributed by atoms with Crippen LogP contribution in [0.4, 0.5) is 0 Å². The highest BCUT2D eigenvalue weighted by Crippen LogP contribution is 2.20. The zero-order valence-electron chi connectivity index (χ0n) is 13.9. The summed E-state index contributed by atoms with van der Waals surface area (Å²) in [5, 5.41) is 0. The van der Waals surface area contributed by atoms with Crippen LogP contribution in [-0.2, 0) is 11.2 Å². The number of carbonyl (C=O) groups excluding carboxylic acids is 1. The molecule has 0 aliphatic heterocycles. The number of Topliss-reactive ketones (excluding diaryl/α,β-unsaturated/α-hetero) is 1. The summed E-state index contributed by atoms with van der Waals surface area (Å²) in [6, 6.07) is 0. The van der Waals surface area contributed by atoms with Crippen LogP contribution in [0, 0.1) is 5.92 Å². The topological polar surface area (TPSA) is 45.8 Å². The summed E-state index contributed by atoms with van der Waals surface area (Å²) in [6.07, 6.45) is 16.1. The Kier molecular flexibility index (Phi) is 9.84. The van der Waals surface area contributed by atoms with Crippen LogP contribution in [0.15, 0.2) is 12.5 Å². The van der Waals surface area contributed by atoms with Crippen molar-refractivity contribution in [2.24, 2.45) is 5.92 Å². The number of aromatic amines is 1. The molecule has 1 unspecified atom stereocenters. The van der Waals surface area contributed by atoms with Crippen LogP contribution >= 0.6 is 0 Å². The number of aromatic nitrogens is 2. The van der Waals surface area contributed by atoms with Crippen molar-refractivity contribution in [1.29, 1.82) is 0 Å². The molecule has 0 saturated carbocycles. The van der Waals surface area contributed by atoms with E-state index >= 15 is 0 Å². The third-order valence-electron chi connectivity index (χ3n) is 4.19. The average molecular weight is 292 g/mol. The number of H-pyrrole nitrogens is 1. The maximum Gasteiger partial charge on any atom is 0.141 e. The molecule has 3 nitrogen and oxygen atoms in total. The fourth-order valence-electron chi connectivity index (χ4n) is 2.81. The van der Waals surface area contributed by atoms with Crippen molar-refractivity contribution in [3.63, 3.8) is 0 Å². The van der Waals surface area contributed by atoms with Gasteiger partial charge >= 0.3 is 0 Å². The summed E-state index contributed by atoms with van der Waals surface area (Å²) in [5.74, 6) is 0.646. The number of ketones is 1. The van der Waals surface area contributed by atoms with E-state index in [0.717, 1.165) is 18.5 Å². The molecule has 0 aliphatic carbocycles. The number of nitrogens with one attached hydrogen (secondary N) is 1. The minimum atomic E-state index is 0.251. The van der Waals surface area contributed by atoms with Gasteiger partial charge in [0, 0.05) is 24.2 Å². The smallest absolute Gasteiger partial charge is 0.141 e. The Bertz CT molecular complexity index is 359. The number of hydrogen-bond donors (Lipinski definition) is 1. The Morgan fingerprint density at radius 3 is 2.29 bits per heavy atom. The van der Waals surface area contributed by atoms with Crippen molar-refractivity contribution in [3.8, 4) is 0 Å². The summed E-state index contributed by atoms with van der Waals surface area (Å²) in [5.41, 5.74) is 0.950. The lowest BCUT2D eigenvalue weighted by atomic mass is 9.89. The van der Waals surface area contributed by atoms with E-state index in [9.17, 15) is 4.79 Å². The Balaban J connectivity index is 2.36. The van der Waals surface area contributed by atoms with Gasteiger partial charge in [-0.2, -0.15) is 0 Å². The highest BCUT2D eigenvalue weighted by atomic mass is 16.1. The molecule has 1 atom stereocenters. The van der Waals surface area contributed by atoms with Crippen molar-refractivity contribution in [2.75, 3.05) is 0 Å². The lowest BCUT2D eigenvalue weighted by molar-refractivity contribution is -0.122. The van der Waals surface area contributed by atoms with E-state index in [-0.39, 0.29) is 5.92 Å². The molecule has 0 spiro atoms. The molecular formula is C18H32N2O. The van der Waals surface area contributed by atoms with Gasteiger partial charge < -0.3 is 4.98 Å². The molecule has 0 saturated heterocycles. The summed E-state index contributed by atoms with van der Waals surface area (Å²) in [6.45, 7) is 4.45. The number of unbranched alkanes of at least 4 members (excludes halogenated alkanes) is 6. The lowest BCUT2D eigenvalue weighted by Crippen LogP contribution is -2.17. The fraction of sp³-hybridized carbons (Fsp3) is 0.778. The average Bonchev–Trinajstić information content (AvgIpc) is 2.98. The maximum atomic E-state index is 12.5. The monoisotopic (exact) mass is 292 g/mol. The summed E-state index contributed by atoms with van der Waals surface area (Å²) in [7, 11) is 0. The molecule has 1 aromatic rings. The van der Waals surface area contributed by atoms with E-state index in [4.69, 9.17) is 0 Å². The van der Waals surface area contributed by atoms with Crippen LogP contribution in [0.3, 0.4) is 0 Å². The molecule has 0 fully saturated rings. The van der Waals surface area contributed by atoms with E-state index in [0.29, 0.717) is 12.2 Å². The Morgan fingerprint density at radius 1 is 1.05 bits per heavy atom. The first kappa shape index (κ1) is 17.9. The molecule has 0 aromatic carbocycles. The molecule has 1 heterocycles. The summed E-state index contributed by atoms with van der Waals surface area (Å²) in [4.78, 5) is 19.5. The number of nitrogens with zero attached hydrogens (tertiary/aromatic N) is 1. The third kappa shape index (κ3) is 8.03. The van der Waals surface area contributed by atoms with E-state index in [1.54, 1.807) is 12.5 Å². The summed E-state index contributed by atoms with van der Waals surface area (Å²) < 4.78 is 0. The van der Waals surface area contributed by atoms with Gasteiger partial charge in [0.05, 0.1) is 6.33 Å². The highest BCUT2D eigenvalue weighted by molar-refractivity contribution is 5.82. The van der Waals surface area contributed by atoms with Crippen molar-refractivity contribution >= 4 is 5.78 Å². The zero-order chi connectivity index (χ0) is 15.3. The molecule has 3 heteroatoms. The standard InChI is InChI=1S/C18H32N2O/c1-3-5-7-8-10-12-16(11-9-6-4-2)18(21)13-17-14-19-15-20-17/h14-16H,3-13H2,1-2H3,(H,19,20). The summed E-state index contributed by atoms with van der Waals surface area (Å²) >= 11 is 0. The maximum absolute atomic E-state index is 12.5. The van der Waals surface area contributed by atoms with E-state index in [2.05, 4.69) is 23.8 Å². The van der Waals surface area contributed by atoms with Gasteiger partial charge in [-0.25, -0.2) is 4.98 Å². The predicted molar refractivity (Wildman–Crippen MR) is 88.3 cm³/mol. The minimum absolute atomic E-state index is 0.251. The van der Waals surface area contributed by atoms with Crippen LogP contribution < -0.4 is 0 Å². The van der Waals surface area contributed by atoms with Crippen molar-refractivity contribution in [2.45, 2.75) is 84.5 Å². The van der Waals surface area contributed by atoms with Gasteiger partial charge in [-0.05, 0) is 12.8 Å². The number of rotatable bonds is 13. The number of carbonyl (C=O) groups is 1. The Labute approximate surface area is 129 Å². The molecule has 1 rings (SSSR count). The van der Waals surface area contributed by atoms with Gasteiger partial charge in [-0.3, -0.25) is 4.79 Å². The van der Waals surface area contributed by atoms with Crippen molar-refractivity contribution < 1.29 is 4.79 Å². The predicted octanol–water partition coefficient (Wildman–Crippen LogP) is 5.08. The first-order valence-electron chi connectivity index (χ1n) is 8.77. The molecule has 0 radical (unpaired) electrons. The van der Waals surface area contributed by atoms with E-state index in [1.165, 1.54) is 51.4 Å². The highest BCUT2D eigenvalue weighted by Gasteiger charge is 2.18. The van der Waals surface area contributed by atoms with Gasteiger partial charge in [-0.15, -0.1) is 0 Å². The van der Waals surface area contributed by atoms with Gasteiger partial charge in [0.15, 0.2) is 0 Å². The largest absolute Gasteiger partial charge is 0.348 e. The van der Waals surface area contributed by atoms with Crippen LogP contribution in [0.5, 0.6) is 0 Å². The molecule has 1 aromatic heterocycles. The third-order valence-corrected chi connectivity index (χ3v) is 4.19. The Morgan fingerprint density at radius 2 is 1.67 bits per heavy atom. The molecule has 21 heavy (non-hydrogen) atoms. The zero-order valence-corrected chi connectivity index (χ0v) is 13.9. The second-order valence-corrected chi connectivity index (χ2v) is 6.12.